The average Bonchev–Trinajstić information content (AvgIpc) is 2.64. The van der Waals surface area contributed by atoms with E-state index in [1.807, 2.05) is 37.3 Å². The highest BCUT2D eigenvalue weighted by Crippen LogP contribution is 2.22. The van der Waals surface area contributed by atoms with E-state index in [0.29, 0.717) is 17.3 Å². The molecule has 0 fully saturated rings. The molecule has 1 amide bonds. The van der Waals surface area contributed by atoms with E-state index in [2.05, 4.69) is 5.32 Å². The first-order valence-electron chi connectivity index (χ1n) is 7.91. The first-order valence-corrected chi connectivity index (χ1v) is 8.28. The number of hydrogen-bond donors (Lipinski definition) is 1. The topological polar surface area (TPSA) is 64.6 Å². The van der Waals surface area contributed by atoms with Crippen molar-refractivity contribution in [2.45, 2.75) is 12.8 Å². The maximum Gasteiger partial charge on any atom is 0.344 e. The predicted octanol–water partition coefficient (Wildman–Crippen LogP) is 3.18. The summed E-state index contributed by atoms with van der Waals surface area (Å²) in [6.45, 7) is 1.83. The van der Waals surface area contributed by atoms with Gasteiger partial charge in [0.25, 0.3) is 5.91 Å². The number of carbonyl (C=O) groups is 2. The van der Waals surface area contributed by atoms with Crippen LogP contribution < -0.4 is 10.1 Å². The molecule has 0 aliphatic heterocycles. The summed E-state index contributed by atoms with van der Waals surface area (Å²) in [7, 11) is 0. The fourth-order valence-corrected chi connectivity index (χ4v) is 2.29. The van der Waals surface area contributed by atoms with Crippen LogP contribution in [-0.4, -0.2) is 31.6 Å². The van der Waals surface area contributed by atoms with E-state index in [1.54, 1.807) is 24.3 Å². The first kappa shape index (κ1) is 18.8. The number of para-hydroxylation sites is 1. The molecule has 0 saturated heterocycles. The molecule has 5 nitrogen and oxygen atoms in total. The third kappa shape index (κ3) is 6.47. The van der Waals surface area contributed by atoms with Gasteiger partial charge in [0.1, 0.15) is 5.75 Å². The van der Waals surface area contributed by atoms with Crippen molar-refractivity contribution in [3.63, 3.8) is 0 Å². The Labute approximate surface area is 151 Å². The lowest BCUT2D eigenvalue weighted by atomic mass is 10.0. The fourth-order valence-electron chi connectivity index (χ4n) is 2.10. The molecule has 2 rings (SSSR count). The molecular weight excluding hydrogens is 342 g/mol. The van der Waals surface area contributed by atoms with Crippen molar-refractivity contribution in [3.8, 4) is 5.75 Å². The maximum absolute atomic E-state index is 11.8. The van der Waals surface area contributed by atoms with E-state index in [1.165, 1.54) is 0 Å². The van der Waals surface area contributed by atoms with Gasteiger partial charge in [0.2, 0.25) is 0 Å². The summed E-state index contributed by atoms with van der Waals surface area (Å²) in [4.78, 5) is 23.4. The van der Waals surface area contributed by atoms with Crippen LogP contribution in [0.5, 0.6) is 5.75 Å². The van der Waals surface area contributed by atoms with Gasteiger partial charge in [0, 0.05) is 6.54 Å². The zero-order chi connectivity index (χ0) is 18.1. The molecule has 0 aliphatic rings. The molecule has 0 unspecified atom stereocenters. The molecule has 0 heterocycles. The summed E-state index contributed by atoms with van der Waals surface area (Å²) in [6.07, 6.45) is 0. The summed E-state index contributed by atoms with van der Waals surface area (Å²) >= 11 is 5.92. The lowest BCUT2D eigenvalue weighted by Crippen LogP contribution is -2.32. The maximum atomic E-state index is 11.8. The normalized spacial score (nSPS) is 11.4. The second kappa shape index (κ2) is 9.69. The second-order valence-corrected chi connectivity index (χ2v) is 5.90. The van der Waals surface area contributed by atoms with Gasteiger partial charge in [0.05, 0.1) is 5.02 Å². The third-order valence-electron chi connectivity index (χ3n) is 3.52. The number of rotatable bonds is 8. The zero-order valence-corrected chi connectivity index (χ0v) is 14.7. The molecule has 0 spiro atoms. The van der Waals surface area contributed by atoms with Crippen molar-refractivity contribution in [2.75, 3.05) is 19.8 Å². The van der Waals surface area contributed by atoms with Gasteiger partial charge in [-0.1, -0.05) is 61.0 Å². The van der Waals surface area contributed by atoms with Crippen LogP contribution in [0.1, 0.15) is 18.4 Å². The molecule has 1 atom stereocenters. The van der Waals surface area contributed by atoms with Gasteiger partial charge in [0.15, 0.2) is 13.2 Å². The smallest absolute Gasteiger partial charge is 0.344 e. The molecule has 0 saturated carbocycles. The first-order chi connectivity index (χ1) is 12.1. The molecule has 2 aromatic rings. The van der Waals surface area contributed by atoms with Crippen LogP contribution in [0.15, 0.2) is 54.6 Å². The summed E-state index contributed by atoms with van der Waals surface area (Å²) in [5.74, 6) is -0.424. The van der Waals surface area contributed by atoms with Crippen molar-refractivity contribution in [1.29, 1.82) is 0 Å². The molecule has 25 heavy (non-hydrogen) atoms. The van der Waals surface area contributed by atoms with E-state index >= 15 is 0 Å². The monoisotopic (exact) mass is 361 g/mol. The number of ether oxygens (including phenoxy) is 2. The average molecular weight is 362 g/mol. The summed E-state index contributed by atoms with van der Waals surface area (Å²) in [5.41, 5.74) is 1.13. The summed E-state index contributed by atoms with van der Waals surface area (Å²) < 4.78 is 10.1. The Morgan fingerprint density at radius 1 is 1.04 bits per heavy atom. The number of amides is 1. The molecule has 0 aliphatic carbocycles. The van der Waals surface area contributed by atoms with Crippen molar-refractivity contribution < 1.29 is 19.1 Å². The number of nitrogens with one attached hydrogen (secondary N) is 1. The van der Waals surface area contributed by atoms with Crippen LogP contribution >= 0.6 is 11.6 Å². The van der Waals surface area contributed by atoms with Crippen LogP contribution in [0.2, 0.25) is 5.02 Å². The Hall–Kier alpha value is -2.53. The van der Waals surface area contributed by atoms with E-state index < -0.39 is 5.97 Å². The van der Waals surface area contributed by atoms with E-state index in [0.717, 1.165) is 5.56 Å². The predicted molar refractivity (Wildman–Crippen MR) is 95.8 cm³/mol. The highest BCUT2D eigenvalue weighted by atomic mass is 35.5. The molecule has 0 aromatic heterocycles. The van der Waals surface area contributed by atoms with Crippen LogP contribution in [0.3, 0.4) is 0 Å². The molecular formula is C19H20ClNO4. The Morgan fingerprint density at radius 2 is 1.72 bits per heavy atom. The number of esters is 1. The number of benzene rings is 2. The van der Waals surface area contributed by atoms with Gasteiger partial charge in [-0.3, -0.25) is 4.79 Å². The second-order valence-electron chi connectivity index (χ2n) is 5.50. The Balaban J connectivity index is 1.66. The Kier molecular flexibility index (Phi) is 7.29. The van der Waals surface area contributed by atoms with Gasteiger partial charge in [-0.15, -0.1) is 0 Å². The lowest BCUT2D eigenvalue weighted by Gasteiger charge is -2.13. The van der Waals surface area contributed by atoms with E-state index in [-0.39, 0.29) is 25.0 Å². The van der Waals surface area contributed by atoms with E-state index in [4.69, 9.17) is 21.1 Å². The zero-order valence-electron chi connectivity index (χ0n) is 13.9. The van der Waals surface area contributed by atoms with Crippen molar-refractivity contribution >= 4 is 23.5 Å². The largest absolute Gasteiger partial charge is 0.480 e. The van der Waals surface area contributed by atoms with Crippen molar-refractivity contribution in [1.82, 2.24) is 5.32 Å². The Morgan fingerprint density at radius 3 is 2.44 bits per heavy atom. The van der Waals surface area contributed by atoms with Crippen LogP contribution in [0, 0.1) is 0 Å². The van der Waals surface area contributed by atoms with Gasteiger partial charge in [-0.05, 0) is 23.6 Å². The molecule has 2 aromatic carbocycles. The Bertz CT molecular complexity index is 706. The molecule has 6 heteroatoms. The SMILES string of the molecule is C[C@@H](CNC(=O)COC(=O)COc1ccccc1Cl)c1ccccc1. The van der Waals surface area contributed by atoms with Gasteiger partial charge < -0.3 is 14.8 Å². The van der Waals surface area contributed by atoms with Gasteiger partial charge in [-0.25, -0.2) is 4.79 Å². The van der Waals surface area contributed by atoms with Crippen LogP contribution in [0.4, 0.5) is 0 Å². The molecule has 0 radical (unpaired) electrons. The highest BCUT2D eigenvalue weighted by molar-refractivity contribution is 6.32. The minimum absolute atomic E-state index is 0.171. The quantitative estimate of drug-likeness (QED) is 0.733. The van der Waals surface area contributed by atoms with Crippen LogP contribution in [-0.2, 0) is 14.3 Å². The number of carbonyl (C=O) groups excluding carboxylic acids is 2. The van der Waals surface area contributed by atoms with Crippen molar-refractivity contribution in [3.05, 3.63) is 65.2 Å². The van der Waals surface area contributed by atoms with Gasteiger partial charge in [-0.2, -0.15) is 0 Å². The lowest BCUT2D eigenvalue weighted by molar-refractivity contribution is -0.150. The molecule has 132 valence electrons. The van der Waals surface area contributed by atoms with E-state index in [9.17, 15) is 9.59 Å². The van der Waals surface area contributed by atoms with Crippen molar-refractivity contribution in [2.24, 2.45) is 0 Å². The molecule has 0 bridgehead atoms. The molecule has 1 N–H and O–H groups in total. The van der Waals surface area contributed by atoms with Gasteiger partial charge >= 0.3 is 5.97 Å². The summed E-state index contributed by atoms with van der Waals surface area (Å²) in [5, 5.41) is 3.15. The third-order valence-corrected chi connectivity index (χ3v) is 3.83. The minimum Gasteiger partial charge on any atom is -0.480 e. The minimum atomic E-state index is -0.633. The standard InChI is InChI=1S/C19H20ClNO4/c1-14(15-7-3-2-4-8-15)11-21-18(22)12-25-19(23)13-24-17-10-6-5-9-16(17)20/h2-10,14H,11-13H2,1H3,(H,21,22)/t14-/m0/s1. The fraction of sp³-hybridized carbons (Fsp3) is 0.263. The highest BCUT2D eigenvalue weighted by Gasteiger charge is 2.11. The summed E-state index contributed by atoms with van der Waals surface area (Å²) in [6, 6.07) is 16.7. The number of halogens is 1. The van der Waals surface area contributed by atoms with Crippen LogP contribution in [0.25, 0.3) is 0 Å². The number of hydrogen-bond acceptors (Lipinski definition) is 4.